The van der Waals surface area contributed by atoms with E-state index in [9.17, 15) is 13.2 Å². The van der Waals surface area contributed by atoms with Gasteiger partial charge < -0.3 is 5.11 Å². The molecule has 0 atom stereocenters. The van der Waals surface area contributed by atoms with E-state index in [-0.39, 0.29) is 37.7 Å². The normalized spacial score (nSPS) is 9.89. The standard InChI is InChI=1S/C2H4O5S.Ca.2H/c3-2(4)1-8(5,6)7;;;/h1H2,(H,3,4)(H,5,6,7);;;. The molecule has 0 aromatic carbocycles. The van der Waals surface area contributed by atoms with Crippen LogP contribution in [-0.4, -0.2) is 67.5 Å². The van der Waals surface area contributed by atoms with E-state index in [0.717, 1.165) is 0 Å². The van der Waals surface area contributed by atoms with Crippen molar-refractivity contribution in [3.63, 3.8) is 0 Å². The Balaban J connectivity index is 0. The van der Waals surface area contributed by atoms with Crippen LogP contribution in [0.4, 0.5) is 0 Å². The molecule has 7 heteroatoms. The van der Waals surface area contributed by atoms with Crippen LogP contribution in [-0.2, 0) is 14.9 Å². The number of carboxylic acids is 1. The second-order valence-electron chi connectivity index (χ2n) is 1.12. The number of rotatable bonds is 2. The van der Waals surface area contributed by atoms with Crippen molar-refractivity contribution < 1.29 is 22.9 Å². The van der Waals surface area contributed by atoms with Crippen LogP contribution in [0.25, 0.3) is 0 Å². The molecule has 0 heterocycles. The van der Waals surface area contributed by atoms with Gasteiger partial charge in [-0.1, -0.05) is 0 Å². The molecule has 2 N–H and O–H groups in total. The van der Waals surface area contributed by atoms with Gasteiger partial charge in [0.1, 0.15) is 0 Å². The van der Waals surface area contributed by atoms with E-state index in [1.54, 1.807) is 0 Å². The molecule has 0 aromatic heterocycles. The zero-order valence-corrected chi connectivity index (χ0v) is 4.55. The molecule has 0 bridgehead atoms. The molecular formula is C2H6CaO5S. The van der Waals surface area contributed by atoms with Crippen molar-refractivity contribution in [3.8, 4) is 0 Å². The molecule has 0 aliphatic heterocycles. The summed E-state index contributed by atoms with van der Waals surface area (Å²) in [6, 6.07) is 0. The Kier molecular flexibility index (Phi) is 6.10. The van der Waals surface area contributed by atoms with Gasteiger partial charge in [-0.25, -0.2) is 0 Å². The maximum atomic E-state index is 9.62. The van der Waals surface area contributed by atoms with Crippen molar-refractivity contribution in [2.24, 2.45) is 0 Å². The molecule has 0 aliphatic rings. The van der Waals surface area contributed by atoms with E-state index in [2.05, 4.69) is 0 Å². The summed E-state index contributed by atoms with van der Waals surface area (Å²) >= 11 is 0. The third-order valence-electron chi connectivity index (χ3n) is 0.306. The van der Waals surface area contributed by atoms with Gasteiger partial charge in [-0.15, -0.1) is 0 Å². The number of hydrogen-bond acceptors (Lipinski definition) is 3. The predicted molar refractivity (Wildman–Crippen MR) is 32.6 cm³/mol. The van der Waals surface area contributed by atoms with E-state index in [4.69, 9.17) is 9.66 Å². The van der Waals surface area contributed by atoms with E-state index in [1.807, 2.05) is 0 Å². The fourth-order valence-corrected chi connectivity index (χ4v) is 0.468. The second-order valence-corrected chi connectivity index (χ2v) is 2.57. The Hall–Kier alpha value is 0.640. The fourth-order valence-electron chi connectivity index (χ4n) is 0.156. The van der Waals surface area contributed by atoms with Gasteiger partial charge in [-0.05, 0) is 0 Å². The van der Waals surface area contributed by atoms with E-state index in [0.29, 0.717) is 0 Å². The molecule has 0 aromatic rings. The molecule has 0 saturated heterocycles. The molecule has 0 spiro atoms. The second kappa shape index (κ2) is 4.45. The van der Waals surface area contributed by atoms with Gasteiger partial charge in [0.2, 0.25) is 0 Å². The molecule has 0 radical (unpaired) electrons. The topological polar surface area (TPSA) is 91.7 Å². The molecule has 52 valence electrons. The van der Waals surface area contributed by atoms with Crippen LogP contribution in [0.2, 0.25) is 0 Å². The van der Waals surface area contributed by atoms with Crippen LogP contribution in [0.3, 0.4) is 0 Å². The van der Waals surface area contributed by atoms with Crippen molar-refractivity contribution in [1.82, 2.24) is 0 Å². The molecule has 9 heavy (non-hydrogen) atoms. The van der Waals surface area contributed by atoms with Crippen LogP contribution < -0.4 is 0 Å². The number of aliphatic carboxylic acids is 1. The minimum absolute atomic E-state index is 0. The molecule has 0 aliphatic carbocycles. The van der Waals surface area contributed by atoms with E-state index >= 15 is 0 Å². The molecule has 0 saturated carbocycles. The average Bonchev–Trinajstić information content (AvgIpc) is 1.21. The van der Waals surface area contributed by atoms with Gasteiger partial charge in [0.05, 0.1) is 0 Å². The first-order valence-corrected chi connectivity index (χ1v) is 3.20. The first-order valence-electron chi connectivity index (χ1n) is 1.59. The molecule has 0 rings (SSSR count). The monoisotopic (exact) mass is 182 g/mol. The number of hydrogen-bond donors (Lipinski definition) is 2. The molecule has 0 amide bonds. The van der Waals surface area contributed by atoms with Gasteiger partial charge in [0.15, 0.2) is 5.75 Å². The quantitative estimate of drug-likeness (QED) is 0.382. The van der Waals surface area contributed by atoms with Crippen molar-refractivity contribution in [2.75, 3.05) is 5.75 Å². The zero-order valence-electron chi connectivity index (χ0n) is 3.73. The summed E-state index contributed by atoms with van der Waals surface area (Å²) in [7, 11) is -4.32. The Morgan fingerprint density at radius 2 is 1.78 bits per heavy atom. The summed E-state index contributed by atoms with van der Waals surface area (Å²) in [5.41, 5.74) is 0. The number of carbonyl (C=O) groups is 1. The van der Waals surface area contributed by atoms with Gasteiger partial charge in [0, 0.05) is 0 Å². The Morgan fingerprint density at radius 1 is 1.44 bits per heavy atom. The van der Waals surface area contributed by atoms with E-state index in [1.165, 1.54) is 0 Å². The molecule has 0 fully saturated rings. The van der Waals surface area contributed by atoms with Crippen LogP contribution >= 0.6 is 0 Å². The predicted octanol–water partition coefficient (Wildman–Crippen LogP) is -1.96. The van der Waals surface area contributed by atoms with Gasteiger partial charge in [0.25, 0.3) is 10.1 Å². The summed E-state index contributed by atoms with van der Waals surface area (Å²) in [5.74, 6) is -2.79. The fraction of sp³-hybridized carbons (Fsp3) is 0.500. The summed E-state index contributed by atoms with van der Waals surface area (Å²) in [5, 5.41) is 7.71. The first-order chi connectivity index (χ1) is 3.42. The number of carboxylic acid groups (broad SMARTS) is 1. The van der Waals surface area contributed by atoms with Crippen molar-refractivity contribution in [1.29, 1.82) is 0 Å². The van der Waals surface area contributed by atoms with Gasteiger partial charge in [-0.2, -0.15) is 8.42 Å². The summed E-state index contributed by atoms with van der Waals surface area (Å²) in [6.07, 6.45) is 0. The Bertz CT molecular complexity index is 181. The Labute approximate surface area is 81.8 Å². The third kappa shape index (κ3) is 12.0. The zero-order chi connectivity index (χ0) is 6.78. The molecular weight excluding hydrogens is 176 g/mol. The van der Waals surface area contributed by atoms with E-state index < -0.39 is 21.8 Å². The molecule has 0 unspecified atom stereocenters. The van der Waals surface area contributed by atoms with Crippen LogP contribution in [0.15, 0.2) is 0 Å². The maximum absolute atomic E-state index is 9.62. The van der Waals surface area contributed by atoms with Crippen molar-refractivity contribution >= 4 is 53.8 Å². The van der Waals surface area contributed by atoms with Crippen LogP contribution in [0, 0.1) is 0 Å². The van der Waals surface area contributed by atoms with Crippen LogP contribution in [0.1, 0.15) is 0 Å². The Morgan fingerprint density at radius 3 is 1.78 bits per heavy atom. The summed E-state index contributed by atoms with van der Waals surface area (Å²) in [4.78, 5) is 9.48. The van der Waals surface area contributed by atoms with Crippen LogP contribution in [0.5, 0.6) is 0 Å². The first kappa shape index (κ1) is 12.3. The van der Waals surface area contributed by atoms with Gasteiger partial charge in [-0.3, -0.25) is 9.35 Å². The summed E-state index contributed by atoms with van der Waals surface area (Å²) < 4.78 is 27.0. The summed E-state index contributed by atoms with van der Waals surface area (Å²) in [6.45, 7) is 0. The minimum atomic E-state index is -4.32. The van der Waals surface area contributed by atoms with Crippen molar-refractivity contribution in [2.45, 2.75) is 0 Å². The van der Waals surface area contributed by atoms with Crippen molar-refractivity contribution in [3.05, 3.63) is 0 Å². The molecule has 5 nitrogen and oxygen atoms in total. The average molecular weight is 182 g/mol. The van der Waals surface area contributed by atoms with Gasteiger partial charge >= 0.3 is 43.7 Å². The SMILES string of the molecule is O=C(O)CS(=O)(=O)O.[CaH2]. The third-order valence-corrected chi connectivity index (χ3v) is 0.918.